The van der Waals surface area contributed by atoms with Gasteiger partial charge in [0.15, 0.2) is 0 Å². The molecule has 0 bridgehead atoms. The van der Waals surface area contributed by atoms with E-state index in [1.54, 1.807) is 36.4 Å². The number of aryl methyl sites for hydroxylation is 1. The molecule has 3 aromatic carbocycles. The minimum Gasteiger partial charge on any atom is -0.493 e. The molecule has 0 aromatic heterocycles. The molecule has 0 radical (unpaired) electrons. The van der Waals surface area contributed by atoms with E-state index in [-0.39, 0.29) is 11.8 Å². The number of carbonyl (C=O) groups is 2. The largest absolute Gasteiger partial charge is 0.493 e. The van der Waals surface area contributed by atoms with Gasteiger partial charge in [-0.15, -0.1) is 0 Å². The summed E-state index contributed by atoms with van der Waals surface area (Å²) in [6.45, 7) is 2.66. The van der Waals surface area contributed by atoms with E-state index in [1.165, 1.54) is 0 Å². The number of carbonyl (C=O) groups excluding carboxylic acids is 2. The molecule has 2 amide bonds. The summed E-state index contributed by atoms with van der Waals surface area (Å²) in [6.07, 6.45) is 3.05. The summed E-state index contributed by atoms with van der Waals surface area (Å²) >= 11 is 3.42. The molecule has 6 heteroatoms. The van der Waals surface area contributed by atoms with E-state index in [0.29, 0.717) is 42.1 Å². The summed E-state index contributed by atoms with van der Waals surface area (Å²) in [4.78, 5) is 25.0. The molecule has 5 nitrogen and oxygen atoms in total. The number of amides is 2. The maximum atomic E-state index is 12.8. The van der Waals surface area contributed by atoms with Gasteiger partial charge < -0.3 is 15.4 Å². The monoisotopic (exact) mass is 494 g/mol. The number of unbranched alkanes of at least 4 members (excludes halogenated alkanes) is 1. The Labute approximate surface area is 197 Å². The van der Waals surface area contributed by atoms with Crippen LogP contribution in [-0.2, 0) is 11.2 Å². The van der Waals surface area contributed by atoms with E-state index >= 15 is 0 Å². The first-order valence-electron chi connectivity index (χ1n) is 10.7. The number of anilines is 2. The van der Waals surface area contributed by atoms with Gasteiger partial charge in [0.25, 0.3) is 5.91 Å². The van der Waals surface area contributed by atoms with Crippen LogP contribution in [0.5, 0.6) is 5.75 Å². The van der Waals surface area contributed by atoms with E-state index in [1.807, 2.05) is 36.4 Å². The zero-order valence-corrected chi connectivity index (χ0v) is 19.7. The maximum Gasteiger partial charge on any atom is 0.259 e. The van der Waals surface area contributed by atoms with Crippen LogP contribution in [0.2, 0.25) is 0 Å². The van der Waals surface area contributed by atoms with E-state index in [4.69, 9.17) is 4.74 Å². The lowest BCUT2D eigenvalue weighted by Gasteiger charge is -2.12. The third-order valence-electron chi connectivity index (χ3n) is 4.85. The molecule has 3 rings (SSSR count). The van der Waals surface area contributed by atoms with Gasteiger partial charge in [-0.1, -0.05) is 59.6 Å². The molecular weight excluding hydrogens is 468 g/mol. The molecule has 0 saturated carbocycles. The van der Waals surface area contributed by atoms with E-state index < -0.39 is 0 Å². The molecule has 0 unspecified atom stereocenters. The fourth-order valence-corrected chi connectivity index (χ4v) is 3.45. The minimum absolute atomic E-state index is 0.0476. The SMILES string of the molecule is CCCCOc1ccc(Br)cc1C(=O)Nc1ccc(NC(=O)CCc2ccccc2)cc1. The molecule has 0 fully saturated rings. The molecule has 0 heterocycles. The second-order valence-electron chi connectivity index (χ2n) is 7.41. The Bertz CT molecular complexity index is 1040. The van der Waals surface area contributed by atoms with E-state index in [9.17, 15) is 9.59 Å². The fraction of sp³-hybridized carbons (Fsp3) is 0.231. The number of nitrogens with one attached hydrogen (secondary N) is 2. The van der Waals surface area contributed by atoms with Crippen molar-refractivity contribution in [1.82, 2.24) is 0 Å². The van der Waals surface area contributed by atoms with Crippen molar-refractivity contribution in [3.63, 3.8) is 0 Å². The summed E-state index contributed by atoms with van der Waals surface area (Å²) in [5.74, 6) is 0.257. The smallest absolute Gasteiger partial charge is 0.259 e. The van der Waals surface area contributed by atoms with Crippen LogP contribution >= 0.6 is 15.9 Å². The number of ether oxygens (including phenoxy) is 1. The number of rotatable bonds is 10. The molecule has 0 atom stereocenters. The van der Waals surface area contributed by atoms with Crippen molar-refractivity contribution >= 4 is 39.1 Å². The van der Waals surface area contributed by atoms with Gasteiger partial charge in [0.1, 0.15) is 5.75 Å². The van der Waals surface area contributed by atoms with Crippen molar-refractivity contribution in [2.45, 2.75) is 32.6 Å². The lowest BCUT2D eigenvalue weighted by atomic mass is 10.1. The molecule has 0 aliphatic rings. The Balaban J connectivity index is 1.56. The highest BCUT2D eigenvalue weighted by atomic mass is 79.9. The summed E-state index contributed by atoms with van der Waals surface area (Å²) in [7, 11) is 0. The maximum absolute atomic E-state index is 12.8. The van der Waals surface area contributed by atoms with Gasteiger partial charge in [-0.05, 0) is 60.9 Å². The molecule has 0 spiro atoms. The number of hydrogen-bond acceptors (Lipinski definition) is 3. The van der Waals surface area contributed by atoms with Crippen LogP contribution in [0.4, 0.5) is 11.4 Å². The molecule has 2 N–H and O–H groups in total. The topological polar surface area (TPSA) is 67.4 Å². The normalized spacial score (nSPS) is 10.4. The zero-order chi connectivity index (χ0) is 22.8. The molecule has 32 heavy (non-hydrogen) atoms. The minimum atomic E-state index is -0.252. The quantitative estimate of drug-likeness (QED) is 0.318. The van der Waals surface area contributed by atoms with Gasteiger partial charge >= 0.3 is 0 Å². The standard InChI is InChI=1S/C26H27BrN2O3/c1-2-3-17-32-24-15-10-20(27)18-23(24)26(31)29-22-13-11-21(12-14-22)28-25(30)16-9-19-7-5-4-6-8-19/h4-8,10-15,18H,2-3,9,16-17H2,1H3,(H,28,30)(H,29,31). The Kier molecular flexibility index (Phi) is 8.87. The van der Waals surface area contributed by atoms with Gasteiger partial charge in [0.2, 0.25) is 5.91 Å². The predicted molar refractivity (Wildman–Crippen MR) is 132 cm³/mol. The first-order valence-corrected chi connectivity index (χ1v) is 11.5. The van der Waals surface area contributed by atoms with Gasteiger partial charge in [-0.25, -0.2) is 0 Å². The average molecular weight is 495 g/mol. The Morgan fingerprint density at radius 3 is 2.28 bits per heavy atom. The van der Waals surface area contributed by atoms with Gasteiger partial charge in [0.05, 0.1) is 12.2 Å². The van der Waals surface area contributed by atoms with Gasteiger partial charge in [-0.2, -0.15) is 0 Å². The average Bonchev–Trinajstić information content (AvgIpc) is 2.80. The van der Waals surface area contributed by atoms with Crippen molar-refractivity contribution in [1.29, 1.82) is 0 Å². The molecule has 166 valence electrons. The Morgan fingerprint density at radius 2 is 1.59 bits per heavy atom. The highest BCUT2D eigenvalue weighted by Crippen LogP contribution is 2.25. The van der Waals surface area contributed by atoms with Crippen molar-refractivity contribution in [2.75, 3.05) is 17.2 Å². The Morgan fingerprint density at radius 1 is 0.906 bits per heavy atom. The highest BCUT2D eigenvalue weighted by Gasteiger charge is 2.14. The lowest BCUT2D eigenvalue weighted by Crippen LogP contribution is -2.15. The third kappa shape index (κ3) is 7.24. The number of benzene rings is 3. The molecule has 0 aliphatic heterocycles. The third-order valence-corrected chi connectivity index (χ3v) is 5.35. The number of halogens is 1. The predicted octanol–water partition coefficient (Wildman–Crippen LogP) is 6.45. The molecular formula is C26H27BrN2O3. The van der Waals surface area contributed by atoms with E-state index in [2.05, 4.69) is 33.5 Å². The lowest BCUT2D eigenvalue weighted by molar-refractivity contribution is -0.116. The van der Waals surface area contributed by atoms with Crippen LogP contribution in [0.25, 0.3) is 0 Å². The van der Waals surface area contributed by atoms with Crippen molar-refractivity contribution in [3.8, 4) is 5.75 Å². The van der Waals surface area contributed by atoms with Crippen LogP contribution < -0.4 is 15.4 Å². The van der Waals surface area contributed by atoms with Crippen LogP contribution in [0.3, 0.4) is 0 Å². The van der Waals surface area contributed by atoms with Crippen LogP contribution in [0, 0.1) is 0 Å². The first-order chi connectivity index (χ1) is 15.5. The summed E-state index contributed by atoms with van der Waals surface area (Å²) in [5, 5.41) is 5.78. The first kappa shape index (κ1) is 23.5. The van der Waals surface area contributed by atoms with Gasteiger partial charge in [0, 0.05) is 22.3 Å². The zero-order valence-electron chi connectivity index (χ0n) is 18.1. The van der Waals surface area contributed by atoms with Gasteiger partial charge in [-0.3, -0.25) is 9.59 Å². The fourth-order valence-electron chi connectivity index (χ4n) is 3.09. The second-order valence-corrected chi connectivity index (χ2v) is 8.32. The Hall–Kier alpha value is -3.12. The summed E-state index contributed by atoms with van der Waals surface area (Å²) in [6, 6.07) is 22.4. The second kappa shape index (κ2) is 12.1. The van der Waals surface area contributed by atoms with Crippen molar-refractivity contribution in [2.24, 2.45) is 0 Å². The summed E-state index contributed by atoms with van der Waals surface area (Å²) in [5.41, 5.74) is 2.92. The summed E-state index contributed by atoms with van der Waals surface area (Å²) < 4.78 is 6.58. The van der Waals surface area contributed by atoms with Crippen LogP contribution in [0.15, 0.2) is 77.3 Å². The molecule has 3 aromatic rings. The van der Waals surface area contributed by atoms with Crippen LogP contribution in [0.1, 0.15) is 42.1 Å². The van der Waals surface area contributed by atoms with Crippen molar-refractivity contribution < 1.29 is 14.3 Å². The number of hydrogen-bond donors (Lipinski definition) is 2. The molecule has 0 saturated heterocycles. The van der Waals surface area contributed by atoms with E-state index in [0.717, 1.165) is 22.9 Å². The molecule has 0 aliphatic carbocycles. The highest BCUT2D eigenvalue weighted by molar-refractivity contribution is 9.10. The van der Waals surface area contributed by atoms with Crippen molar-refractivity contribution in [3.05, 3.63) is 88.4 Å². The van der Waals surface area contributed by atoms with Crippen LogP contribution in [-0.4, -0.2) is 18.4 Å².